The zero-order valence-corrected chi connectivity index (χ0v) is 12.1. The summed E-state index contributed by atoms with van der Waals surface area (Å²) in [4.78, 5) is 25.8. The van der Waals surface area contributed by atoms with E-state index in [9.17, 15) is 14.7 Å². The lowest BCUT2D eigenvalue weighted by Crippen LogP contribution is -2.34. The molecule has 0 aromatic carbocycles. The molecular weight excluding hydrogens is 276 g/mol. The Morgan fingerprint density at radius 3 is 2.48 bits per heavy atom. The molecule has 0 saturated carbocycles. The number of nitrogens with zero attached hydrogens (tertiary/aromatic N) is 3. The molecule has 0 amide bonds. The molecule has 0 aliphatic carbocycles. The van der Waals surface area contributed by atoms with E-state index in [4.69, 9.17) is 11.5 Å². The van der Waals surface area contributed by atoms with Gasteiger partial charge in [-0.15, -0.1) is 5.10 Å². The predicted octanol–water partition coefficient (Wildman–Crippen LogP) is -0.570. The highest BCUT2D eigenvalue weighted by Gasteiger charge is 2.18. The van der Waals surface area contributed by atoms with Gasteiger partial charge in [-0.3, -0.25) is 14.3 Å². The lowest BCUT2D eigenvalue weighted by molar-refractivity contribution is 0.394. The number of aromatic hydroxyl groups is 1. The van der Waals surface area contributed by atoms with Crippen molar-refractivity contribution in [2.24, 2.45) is 21.7 Å². The summed E-state index contributed by atoms with van der Waals surface area (Å²) in [7, 11) is 0. The van der Waals surface area contributed by atoms with E-state index in [-0.39, 0.29) is 17.2 Å². The Labute approximate surface area is 121 Å². The fraction of sp³-hybridized carbons (Fsp3) is 0.500. The molecule has 9 nitrogen and oxygen atoms in total. The Hall–Kier alpha value is -2.58. The predicted molar refractivity (Wildman–Crippen MR) is 80.5 cm³/mol. The van der Waals surface area contributed by atoms with Crippen LogP contribution in [0, 0.1) is 0 Å². The fourth-order valence-corrected chi connectivity index (χ4v) is 1.76. The largest absolute Gasteiger partial charge is 0.494 e. The van der Waals surface area contributed by atoms with E-state index in [0.717, 1.165) is 11.0 Å². The van der Waals surface area contributed by atoms with Crippen molar-refractivity contribution in [3.63, 3.8) is 0 Å². The van der Waals surface area contributed by atoms with Gasteiger partial charge in [-0.2, -0.15) is 5.10 Å². The van der Waals surface area contributed by atoms with Crippen LogP contribution >= 0.6 is 0 Å². The number of nitrogens with two attached hydrogens (primary N) is 2. The number of unbranched alkanes of at least 4 members (excludes halogenated alkanes) is 1. The molecule has 9 heteroatoms. The van der Waals surface area contributed by atoms with Gasteiger partial charge >= 0.3 is 5.69 Å². The van der Waals surface area contributed by atoms with Gasteiger partial charge in [0.15, 0.2) is 0 Å². The first-order chi connectivity index (χ1) is 9.92. The molecule has 116 valence electrons. The number of hydrogen-bond donors (Lipinski definition) is 4. The SMILES string of the molecule is CCCCn1c(O)c(/C(CC)=N/N=C(N)N)c(=O)[nH]c1=O. The highest BCUT2D eigenvalue weighted by atomic mass is 16.3. The number of rotatable bonds is 6. The maximum absolute atomic E-state index is 11.9. The fourth-order valence-electron chi connectivity index (χ4n) is 1.76. The van der Waals surface area contributed by atoms with Crippen molar-refractivity contribution in [2.45, 2.75) is 39.7 Å². The molecule has 6 N–H and O–H groups in total. The number of aromatic nitrogens is 2. The van der Waals surface area contributed by atoms with Crippen molar-refractivity contribution in [3.05, 3.63) is 26.4 Å². The summed E-state index contributed by atoms with van der Waals surface area (Å²) in [6.45, 7) is 3.97. The van der Waals surface area contributed by atoms with Crippen LogP contribution in [0.5, 0.6) is 5.88 Å². The van der Waals surface area contributed by atoms with Crippen molar-refractivity contribution in [1.82, 2.24) is 9.55 Å². The summed E-state index contributed by atoms with van der Waals surface area (Å²) < 4.78 is 1.10. The Bertz CT molecular complexity index is 667. The minimum absolute atomic E-state index is 0.0989. The lowest BCUT2D eigenvalue weighted by atomic mass is 10.1. The van der Waals surface area contributed by atoms with Crippen LogP contribution in [-0.4, -0.2) is 26.3 Å². The quantitative estimate of drug-likeness (QED) is 0.314. The van der Waals surface area contributed by atoms with Gasteiger partial charge < -0.3 is 16.6 Å². The van der Waals surface area contributed by atoms with E-state index in [1.807, 2.05) is 6.92 Å². The summed E-state index contributed by atoms with van der Waals surface area (Å²) in [6, 6.07) is 0. The Balaban J connectivity index is 3.48. The Kier molecular flexibility index (Phi) is 5.70. The van der Waals surface area contributed by atoms with Gasteiger partial charge in [-0.25, -0.2) is 4.79 Å². The second-order valence-corrected chi connectivity index (χ2v) is 4.39. The van der Waals surface area contributed by atoms with Crippen molar-refractivity contribution >= 4 is 11.7 Å². The first-order valence-corrected chi connectivity index (χ1v) is 6.64. The van der Waals surface area contributed by atoms with Crippen LogP contribution in [0.15, 0.2) is 19.8 Å². The van der Waals surface area contributed by atoms with Gasteiger partial charge in [0.2, 0.25) is 11.8 Å². The van der Waals surface area contributed by atoms with Crippen LogP contribution in [0.4, 0.5) is 0 Å². The summed E-state index contributed by atoms with van der Waals surface area (Å²) in [5.41, 5.74) is 9.08. The second kappa shape index (κ2) is 7.27. The Morgan fingerprint density at radius 2 is 1.95 bits per heavy atom. The minimum Gasteiger partial charge on any atom is -0.494 e. The molecule has 0 aliphatic rings. The standard InChI is InChI=1S/C12H20N6O3/c1-3-5-6-18-10(20)8(9(19)15-12(18)21)7(4-2)16-17-11(13)14/h20H,3-6H2,1-2H3,(H4,13,14,17)(H,15,19,21)/b16-7+. The maximum Gasteiger partial charge on any atom is 0.331 e. The molecule has 1 rings (SSSR count). The van der Waals surface area contributed by atoms with Crippen LogP contribution in [0.3, 0.4) is 0 Å². The zero-order valence-electron chi connectivity index (χ0n) is 12.1. The second-order valence-electron chi connectivity index (χ2n) is 4.39. The maximum atomic E-state index is 11.9. The summed E-state index contributed by atoms with van der Waals surface area (Å²) >= 11 is 0. The van der Waals surface area contributed by atoms with Crippen LogP contribution in [0.2, 0.25) is 0 Å². The van der Waals surface area contributed by atoms with E-state index < -0.39 is 17.1 Å². The molecule has 21 heavy (non-hydrogen) atoms. The number of aromatic amines is 1. The van der Waals surface area contributed by atoms with Crippen molar-refractivity contribution in [1.29, 1.82) is 0 Å². The van der Waals surface area contributed by atoms with Crippen molar-refractivity contribution < 1.29 is 5.11 Å². The average molecular weight is 296 g/mol. The van der Waals surface area contributed by atoms with E-state index >= 15 is 0 Å². The molecule has 0 atom stereocenters. The lowest BCUT2D eigenvalue weighted by Gasteiger charge is -2.11. The third-order valence-electron chi connectivity index (χ3n) is 2.82. The molecule has 1 heterocycles. The van der Waals surface area contributed by atoms with Crippen molar-refractivity contribution in [2.75, 3.05) is 0 Å². The molecule has 0 bridgehead atoms. The highest BCUT2D eigenvalue weighted by Crippen LogP contribution is 2.14. The van der Waals surface area contributed by atoms with Gasteiger partial charge in [-0.05, 0) is 12.8 Å². The third-order valence-corrected chi connectivity index (χ3v) is 2.82. The normalized spacial score (nSPS) is 11.4. The van der Waals surface area contributed by atoms with E-state index in [1.54, 1.807) is 6.92 Å². The van der Waals surface area contributed by atoms with Gasteiger partial charge in [0, 0.05) is 6.54 Å². The smallest absolute Gasteiger partial charge is 0.331 e. The molecule has 1 aromatic heterocycles. The minimum atomic E-state index is -0.725. The van der Waals surface area contributed by atoms with E-state index in [0.29, 0.717) is 19.4 Å². The third kappa shape index (κ3) is 3.94. The molecule has 0 radical (unpaired) electrons. The molecular formula is C12H20N6O3. The van der Waals surface area contributed by atoms with Gasteiger partial charge in [0.05, 0.1) is 5.71 Å². The van der Waals surface area contributed by atoms with Gasteiger partial charge in [-0.1, -0.05) is 20.3 Å². The number of nitrogens with one attached hydrogen (secondary N) is 1. The van der Waals surface area contributed by atoms with Crippen molar-refractivity contribution in [3.8, 4) is 5.88 Å². The first kappa shape index (κ1) is 16.5. The first-order valence-electron chi connectivity index (χ1n) is 6.64. The topological polar surface area (TPSA) is 152 Å². The summed E-state index contributed by atoms with van der Waals surface area (Å²) in [5, 5.41) is 17.4. The Morgan fingerprint density at radius 1 is 1.29 bits per heavy atom. The number of hydrogen-bond acceptors (Lipinski definition) is 5. The van der Waals surface area contributed by atoms with Gasteiger partial charge in [0.1, 0.15) is 5.56 Å². The average Bonchev–Trinajstić information content (AvgIpc) is 2.41. The molecule has 0 unspecified atom stereocenters. The molecule has 0 saturated heterocycles. The molecule has 0 aliphatic heterocycles. The summed E-state index contributed by atoms with van der Waals surface area (Å²) in [6.07, 6.45) is 1.83. The highest BCUT2D eigenvalue weighted by molar-refractivity contribution is 6.02. The zero-order chi connectivity index (χ0) is 16.0. The number of H-pyrrole nitrogens is 1. The molecule has 0 fully saturated rings. The number of guanidine groups is 1. The van der Waals surface area contributed by atoms with Gasteiger partial charge in [0.25, 0.3) is 5.56 Å². The van der Waals surface area contributed by atoms with E-state index in [1.165, 1.54) is 0 Å². The van der Waals surface area contributed by atoms with Crippen LogP contribution in [0.25, 0.3) is 0 Å². The molecule has 1 aromatic rings. The summed E-state index contributed by atoms with van der Waals surface area (Å²) in [5.74, 6) is -0.695. The molecule has 0 spiro atoms. The van der Waals surface area contributed by atoms with Crippen LogP contribution < -0.4 is 22.7 Å². The van der Waals surface area contributed by atoms with Crippen LogP contribution in [-0.2, 0) is 6.54 Å². The monoisotopic (exact) mass is 296 g/mol. The van der Waals surface area contributed by atoms with Crippen LogP contribution in [0.1, 0.15) is 38.7 Å². The van der Waals surface area contributed by atoms with E-state index in [2.05, 4.69) is 15.2 Å².